The molecule has 8 heteroatoms. The Balaban J connectivity index is 1.94. The van der Waals surface area contributed by atoms with E-state index < -0.39 is 27.7 Å². The summed E-state index contributed by atoms with van der Waals surface area (Å²) in [6, 6.07) is -0.229. The van der Waals surface area contributed by atoms with Crippen LogP contribution in [0, 0.1) is 5.92 Å². The zero-order valence-electron chi connectivity index (χ0n) is 11.0. The molecular formula is C11H18FNO5S. The van der Waals surface area contributed by atoms with Gasteiger partial charge >= 0.3 is 10.2 Å². The van der Waals surface area contributed by atoms with Crippen LogP contribution in [0.2, 0.25) is 0 Å². The zero-order valence-corrected chi connectivity index (χ0v) is 11.8. The highest BCUT2D eigenvalue weighted by Crippen LogP contribution is 2.26. The molecule has 110 valence electrons. The van der Waals surface area contributed by atoms with E-state index in [9.17, 15) is 17.1 Å². The number of halogens is 1. The SMILES string of the molecule is CC1(C)OCC(N2CC(CS(=O)(=O)F)CC2=O)CO1. The molecule has 0 aromatic heterocycles. The van der Waals surface area contributed by atoms with Crippen molar-refractivity contribution >= 4 is 16.1 Å². The fraction of sp³-hybridized carbons (Fsp3) is 0.909. The standard InChI is InChI=1S/C11H18FNO5S/c1-11(2)17-5-9(6-18-11)13-4-8(3-10(13)14)7-19(12,15)16/h8-9H,3-7H2,1-2H3. The molecule has 2 saturated heterocycles. The fourth-order valence-electron chi connectivity index (χ4n) is 2.42. The molecule has 0 aromatic rings. The Morgan fingerprint density at radius 3 is 2.47 bits per heavy atom. The smallest absolute Gasteiger partial charge is 0.302 e. The van der Waals surface area contributed by atoms with Gasteiger partial charge in [-0.25, -0.2) is 0 Å². The molecule has 6 nitrogen and oxygen atoms in total. The van der Waals surface area contributed by atoms with Gasteiger partial charge in [0.2, 0.25) is 5.91 Å². The van der Waals surface area contributed by atoms with E-state index in [2.05, 4.69) is 0 Å². The minimum Gasteiger partial charge on any atom is -0.348 e. The molecule has 0 N–H and O–H groups in total. The van der Waals surface area contributed by atoms with E-state index in [4.69, 9.17) is 9.47 Å². The van der Waals surface area contributed by atoms with Gasteiger partial charge in [0, 0.05) is 18.9 Å². The van der Waals surface area contributed by atoms with Crippen molar-refractivity contribution in [1.82, 2.24) is 4.90 Å². The van der Waals surface area contributed by atoms with Gasteiger partial charge in [-0.2, -0.15) is 8.42 Å². The molecule has 2 aliphatic heterocycles. The maximum Gasteiger partial charge on any atom is 0.302 e. The summed E-state index contributed by atoms with van der Waals surface area (Å²) in [6.45, 7) is 4.49. The van der Waals surface area contributed by atoms with E-state index in [0.29, 0.717) is 13.2 Å². The monoisotopic (exact) mass is 295 g/mol. The molecule has 1 unspecified atom stereocenters. The minimum absolute atomic E-state index is 0.0586. The average molecular weight is 295 g/mol. The topological polar surface area (TPSA) is 72.9 Å². The first-order valence-corrected chi connectivity index (χ1v) is 7.71. The molecule has 2 rings (SSSR count). The van der Waals surface area contributed by atoms with Crippen molar-refractivity contribution in [3.05, 3.63) is 0 Å². The molecule has 1 atom stereocenters. The number of amides is 1. The number of nitrogens with zero attached hydrogens (tertiary/aromatic N) is 1. The van der Waals surface area contributed by atoms with Crippen LogP contribution in [0.3, 0.4) is 0 Å². The normalized spacial score (nSPS) is 28.9. The van der Waals surface area contributed by atoms with Crippen molar-refractivity contribution in [2.75, 3.05) is 25.5 Å². The van der Waals surface area contributed by atoms with Crippen LogP contribution in [-0.4, -0.2) is 56.6 Å². The predicted molar refractivity (Wildman–Crippen MR) is 64.5 cm³/mol. The van der Waals surface area contributed by atoms with Gasteiger partial charge < -0.3 is 14.4 Å². The van der Waals surface area contributed by atoms with Gasteiger partial charge in [-0.3, -0.25) is 4.79 Å². The third-order valence-corrected chi connectivity index (χ3v) is 4.23. The lowest BCUT2D eigenvalue weighted by molar-refractivity contribution is -0.262. The average Bonchev–Trinajstić information content (AvgIpc) is 2.56. The first-order chi connectivity index (χ1) is 8.66. The van der Waals surface area contributed by atoms with Gasteiger partial charge in [0.1, 0.15) is 0 Å². The third-order valence-electron chi connectivity index (χ3n) is 3.36. The number of hydrogen-bond acceptors (Lipinski definition) is 5. The summed E-state index contributed by atoms with van der Waals surface area (Å²) in [7, 11) is -4.55. The molecule has 2 aliphatic rings. The van der Waals surface area contributed by atoms with Crippen molar-refractivity contribution in [2.45, 2.75) is 32.1 Å². The van der Waals surface area contributed by atoms with Crippen LogP contribution >= 0.6 is 0 Å². The first kappa shape index (κ1) is 14.7. The second-order valence-corrected chi connectivity index (χ2v) is 6.91. The molecule has 19 heavy (non-hydrogen) atoms. The summed E-state index contributed by atoms with van der Waals surface area (Å²) in [5, 5.41) is 0. The van der Waals surface area contributed by atoms with E-state index >= 15 is 0 Å². The van der Waals surface area contributed by atoms with Crippen molar-refractivity contribution in [2.24, 2.45) is 5.92 Å². The first-order valence-electron chi connectivity index (χ1n) is 6.16. The van der Waals surface area contributed by atoms with Crippen molar-refractivity contribution < 1.29 is 26.6 Å². The predicted octanol–water partition coefficient (Wildman–Crippen LogP) is 0.286. The Morgan fingerprint density at radius 1 is 1.37 bits per heavy atom. The highest BCUT2D eigenvalue weighted by molar-refractivity contribution is 7.86. The number of likely N-dealkylation sites (tertiary alicyclic amines) is 1. The van der Waals surface area contributed by atoms with Crippen LogP contribution in [0.1, 0.15) is 20.3 Å². The molecule has 0 aromatic carbocycles. The summed E-state index contributed by atoms with van der Waals surface area (Å²) in [6.07, 6.45) is 0.0586. The van der Waals surface area contributed by atoms with Crippen LogP contribution in [0.4, 0.5) is 3.89 Å². The summed E-state index contributed by atoms with van der Waals surface area (Å²) >= 11 is 0. The lowest BCUT2D eigenvalue weighted by Gasteiger charge is -2.38. The van der Waals surface area contributed by atoms with Crippen LogP contribution in [0.15, 0.2) is 0 Å². The van der Waals surface area contributed by atoms with Crippen LogP contribution in [0.25, 0.3) is 0 Å². The lowest BCUT2D eigenvalue weighted by atomic mass is 10.1. The highest BCUT2D eigenvalue weighted by Gasteiger charge is 2.39. The number of carbonyl (C=O) groups excluding carboxylic acids is 1. The van der Waals surface area contributed by atoms with Crippen molar-refractivity contribution in [3.63, 3.8) is 0 Å². The van der Waals surface area contributed by atoms with E-state index in [-0.39, 0.29) is 24.9 Å². The Bertz CT molecular complexity index is 454. The quantitative estimate of drug-likeness (QED) is 0.700. The molecule has 0 spiro atoms. The summed E-state index contributed by atoms with van der Waals surface area (Å²) in [5.41, 5.74) is 0. The number of ether oxygens (including phenoxy) is 2. The van der Waals surface area contributed by atoms with Crippen LogP contribution in [0.5, 0.6) is 0 Å². The lowest BCUT2D eigenvalue weighted by Crippen LogP contribution is -2.51. The molecule has 0 bridgehead atoms. The maximum absolute atomic E-state index is 12.6. The molecule has 0 aliphatic carbocycles. The Labute approximate surface area is 112 Å². The van der Waals surface area contributed by atoms with Crippen LogP contribution in [-0.2, 0) is 24.5 Å². The summed E-state index contributed by atoms with van der Waals surface area (Å²) < 4.78 is 44.8. The van der Waals surface area contributed by atoms with E-state index in [1.165, 1.54) is 4.90 Å². The largest absolute Gasteiger partial charge is 0.348 e. The molecule has 2 heterocycles. The van der Waals surface area contributed by atoms with E-state index in [0.717, 1.165) is 0 Å². The van der Waals surface area contributed by atoms with Gasteiger partial charge in [-0.1, -0.05) is 0 Å². The molecular weight excluding hydrogens is 277 g/mol. The maximum atomic E-state index is 12.6. The summed E-state index contributed by atoms with van der Waals surface area (Å²) in [4.78, 5) is 13.4. The number of carbonyl (C=O) groups is 1. The molecule has 2 fully saturated rings. The second kappa shape index (κ2) is 4.99. The Hall–Kier alpha value is -0.730. The number of hydrogen-bond donors (Lipinski definition) is 0. The number of rotatable bonds is 3. The molecule has 1 amide bonds. The van der Waals surface area contributed by atoms with Gasteiger partial charge in [-0.05, 0) is 13.8 Å². The minimum atomic E-state index is -4.55. The molecule has 0 radical (unpaired) electrons. The summed E-state index contributed by atoms with van der Waals surface area (Å²) in [5.74, 6) is -1.93. The van der Waals surface area contributed by atoms with Gasteiger partial charge in [0.25, 0.3) is 0 Å². The Kier molecular flexibility index (Phi) is 3.85. The van der Waals surface area contributed by atoms with E-state index in [1.54, 1.807) is 13.8 Å². The zero-order chi connectivity index (χ0) is 14.3. The second-order valence-electron chi connectivity index (χ2n) is 5.50. The van der Waals surface area contributed by atoms with Gasteiger partial charge in [0.15, 0.2) is 5.79 Å². The van der Waals surface area contributed by atoms with Crippen molar-refractivity contribution in [3.8, 4) is 0 Å². The van der Waals surface area contributed by atoms with Crippen molar-refractivity contribution in [1.29, 1.82) is 0 Å². The fourth-order valence-corrected chi connectivity index (χ4v) is 3.20. The van der Waals surface area contributed by atoms with Gasteiger partial charge in [0.05, 0.1) is 25.0 Å². The van der Waals surface area contributed by atoms with E-state index in [1.807, 2.05) is 0 Å². The van der Waals surface area contributed by atoms with Crippen LogP contribution < -0.4 is 0 Å². The molecule has 0 saturated carbocycles. The third kappa shape index (κ3) is 3.87. The highest BCUT2D eigenvalue weighted by atomic mass is 32.3. The van der Waals surface area contributed by atoms with Gasteiger partial charge in [-0.15, -0.1) is 3.89 Å². The Morgan fingerprint density at radius 2 is 1.95 bits per heavy atom.